The van der Waals surface area contributed by atoms with Crippen LogP contribution in [-0.4, -0.2) is 41.1 Å². The van der Waals surface area contributed by atoms with Gasteiger partial charge in [-0.3, -0.25) is 0 Å². The second-order valence-electron chi connectivity index (χ2n) is 8.08. The fraction of sp³-hybridized carbons (Fsp3) is 0.214. The lowest BCUT2D eigenvalue weighted by Gasteiger charge is -2.11. The minimum atomic E-state index is -1.50. The second-order valence-corrected chi connectivity index (χ2v) is 8.08. The Morgan fingerprint density at radius 2 is 1.58 bits per heavy atom. The highest BCUT2D eigenvalue weighted by Gasteiger charge is 2.17. The molecule has 186 valence electrons. The molecule has 0 aliphatic carbocycles. The number of rotatable bonds is 11. The Balaban J connectivity index is 1.33. The van der Waals surface area contributed by atoms with E-state index in [9.17, 15) is 10.2 Å². The van der Waals surface area contributed by atoms with Crippen molar-refractivity contribution in [3.05, 3.63) is 101 Å². The maximum atomic E-state index is 9.28. The molecule has 0 radical (unpaired) electrons. The van der Waals surface area contributed by atoms with E-state index in [2.05, 4.69) is 10.3 Å². The van der Waals surface area contributed by atoms with E-state index in [4.69, 9.17) is 18.8 Å². The van der Waals surface area contributed by atoms with Crippen molar-refractivity contribution in [2.45, 2.75) is 26.2 Å². The van der Waals surface area contributed by atoms with Gasteiger partial charge in [0.25, 0.3) is 0 Å². The number of aliphatic hydroxyl groups is 2. The number of oxime groups is 1. The number of hydrogen-bond donors (Lipinski definition) is 2. The van der Waals surface area contributed by atoms with E-state index in [1.807, 2.05) is 85.8 Å². The van der Waals surface area contributed by atoms with Gasteiger partial charge in [-0.1, -0.05) is 64.9 Å². The molecule has 36 heavy (non-hydrogen) atoms. The molecule has 0 fully saturated rings. The molecule has 0 amide bonds. The monoisotopic (exact) mass is 488 g/mol. The summed E-state index contributed by atoms with van der Waals surface area (Å²) in [4.78, 5) is 4.96. The molecule has 0 saturated carbocycles. The fourth-order valence-corrected chi connectivity index (χ4v) is 3.71. The summed E-state index contributed by atoms with van der Waals surface area (Å²) in [6, 6.07) is 24.9. The van der Waals surface area contributed by atoms with Crippen molar-refractivity contribution in [1.29, 1.82) is 0 Å². The van der Waals surface area contributed by atoms with Gasteiger partial charge in [-0.2, -0.15) is 0 Å². The van der Waals surface area contributed by atoms with Gasteiger partial charge in [0.15, 0.2) is 6.29 Å². The standard InChI is InChI=1S/C28H28N2O6/c1-19-28(26(36-29-19)16-27(31)32)22-10-14-24(15-11-22)34-17-20-8-12-23(13-9-20)35-18-25(30-33-2)21-6-4-3-5-7-21/h3-15,27,31-32H,16-18H2,1-2H3/b30-25+. The molecule has 1 heterocycles. The molecule has 8 heteroatoms. The Hall–Kier alpha value is -4.14. The van der Waals surface area contributed by atoms with Gasteiger partial charge in [-0.15, -0.1) is 0 Å². The van der Waals surface area contributed by atoms with E-state index >= 15 is 0 Å². The third kappa shape index (κ3) is 6.50. The number of ether oxygens (including phenoxy) is 2. The molecule has 0 aliphatic heterocycles. The van der Waals surface area contributed by atoms with Crippen molar-refractivity contribution in [3.8, 4) is 22.6 Å². The number of benzene rings is 3. The summed E-state index contributed by atoms with van der Waals surface area (Å²) in [5.74, 6) is 1.86. The van der Waals surface area contributed by atoms with Crippen molar-refractivity contribution >= 4 is 5.71 Å². The summed E-state index contributed by atoms with van der Waals surface area (Å²) in [5, 5.41) is 26.6. The van der Waals surface area contributed by atoms with Crippen LogP contribution < -0.4 is 9.47 Å². The molecule has 0 unspecified atom stereocenters. The highest BCUT2D eigenvalue weighted by Crippen LogP contribution is 2.30. The average molecular weight is 489 g/mol. The minimum Gasteiger partial charge on any atom is -0.489 e. The van der Waals surface area contributed by atoms with E-state index in [-0.39, 0.29) is 13.0 Å². The minimum absolute atomic E-state index is 0.0269. The Kier molecular flexibility index (Phi) is 8.33. The molecule has 8 nitrogen and oxygen atoms in total. The van der Waals surface area contributed by atoms with Crippen molar-refractivity contribution in [3.63, 3.8) is 0 Å². The van der Waals surface area contributed by atoms with Crippen LogP contribution in [0.15, 0.2) is 88.5 Å². The molecule has 1 aromatic heterocycles. The van der Waals surface area contributed by atoms with Gasteiger partial charge in [0, 0.05) is 11.1 Å². The third-order valence-electron chi connectivity index (χ3n) is 5.46. The molecule has 0 spiro atoms. The highest BCUT2D eigenvalue weighted by atomic mass is 16.6. The molecule has 4 rings (SSSR count). The number of hydrogen-bond acceptors (Lipinski definition) is 8. The van der Waals surface area contributed by atoms with Gasteiger partial charge < -0.3 is 29.0 Å². The predicted octanol–water partition coefficient (Wildman–Crippen LogP) is 4.51. The number of aliphatic hydroxyl groups excluding tert-OH is 1. The SMILES string of the molecule is CO/N=C(\COc1ccc(COc2ccc(-c3c(C)noc3CC(O)O)cc2)cc1)c1ccccc1. The van der Waals surface area contributed by atoms with E-state index in [1.54, 1.807) is 0 Å². The zero-order valence-corrected chi connectivity index (χ0v) is 20.1. The predicted molar refractivity (Wildman–Crippen MR) is 135 cm³/mol. The summed E-state index contributed by atoms with van der Waals surface area (Å²) >= 11 is 0. The van der Waals surface area contributed by atoms with E-state index in [0.717, 1.165) is 28.0 Å². The third-order valence-corrected chi connectivity index (χ3v) is 5.46. The van der Waals surface area contributed by atoms with Crippen molar-refractivity contribution in [2.75, 3.05) is 13.7 Å². The fourth-order valence-electron chi connectivity index (χ4n) is 3.71. The molecule has 2 N–H and O–H groups in total. The van der Waals surface area contributed by atoms with Crippen LogP contribution in [0, 0.1) is 6.92 Å². The second kappa shape index (κ2) is 12.0. The Morgan fingerprint density at radius 3 is 2.25 bits per heavy atom. The topological polar surface area (TPSA) is 107 Å². The van der Waals surface area contributed by atoms with Crippen LogP contribution in [-0.2, 0) is 17.9 Å². The van der Waals surface area contributed by atoms with Gasteiger partial charge in [-0.25, -0.2) is 0 Å². The Morgan fingerprint density at radius 1 is 0.917 bits per heavy atom. The molecular formula is C28H28N2O6. The van der Waals surface area contributed by atoms with Crippen LogP contribution in [0.25, 0.3) is 11.1 Å². The average Bonchev–Trinajstić information content (AvgIpc) is 3.25. The van der Waals surface area contributed by atoms with E-state index in [0.29, 0.717) is 29.5 Å². The molecular weight excluding hydrogens is 460 g/mol. The summed E-state index contributed by atoms with van der Waals surface area (Å²) in [5.41, 5.74) is 4.95. The van der Waals surface area contributed by atoms with Gasteiger partial charge in [0.05, 0.1) is 12.1 Å². The summed E-state index contributed by atoms with van der Waals surface area (Å²) in [6.45, 7) is 2.50. The number of aromatic nitrogens is 1. The van der Waals surface area contributed by atoms with Gasteiger partial charge in [-0.05, 0) is 42.3 Å². The maximum Gasteiger partial charge on any atom is 0.158 e. The van der Waals surface area contributed by atoms with E-state index in [1.165, 1.54) is 7.11 Å². The summed E-state index contributed by atoms with van der Waals surface area (Å²) in [7, 11) is 1.51. The maximum absolute atomic E-state index is 9.28. The first-order valence-corrected chi connectivity index (χ1v) is 11.4. The van der Waals surface area contributed by atoms with Crippen molar-refractivity contribution in [2.24, 2.45) is 5.16 Å². The van der Waals surface area contributed by atoms with Crippen LogP contribution in [0.3, 0.4) is 0 Å². The van der Waals surface area contributed by atoms with Gasteiger partial charge >= 0.3 is 0 Å². The first-order valence-electron chi connectivity index (χ1n) is 11.4. The molecule has 0 atom stereocenters. The lowest BCUT2D eigenvalue weighted by molar-refractivity contribution is -0.0419. The molecule has 0 saturated heterocycles. The highest BCUT2D eigenvalue weighted by molar-refractivity contribution is 6.01. The molecule has 0 bridgehead atoms. The normalized spacial score (nSPS) is 11.5. The first kappa shape index (κ1) is 25.0. The van der Waals surface area contributed by atoms with Gasteiger partial charge in [0.2, 0.25) is 0 Å². The largest absolute Gasteiger partial charge is 0.489 e. The zero-order chi connectivity index (χ0) is 25.3. The van der Waals surface area contributed by atoms with Crippen LogP contribution in [0.4, 0.5) is 0 Å². The summed E-state index contributed by atoms with van der Waals surface area (Å²) in [6.07, 6.45) is -1.53. The Bertz CT molecular complexity index is 1270. The molecule has 4 aromatic rings. The van der Waals surface area contributed by atoms with Crippen LogP contribution in [0.2, 0.25) is 0 Å². The first-order chi connectivity index (χ1) is 17.5. The lowest BCUT2D eigenvalue weighted by atomic mass is 10.0. The summed E-state index contributed by atoms with van der Waals surface area (Å²) < 4.78 is 17.1. The molecule has 3 aromatic carbocycles. The quantitative estimate of drug-likeness (QED) is 0.182. The number of aryl methyl sites for hydroxylation is 1. The Labute approximate surface area is 209 Å². The smallest absolute Gasteiger partial charge is 0.158 e. The van der Waals surface area contributed by atoms with Crippen LogP contribution in [0.1, 0.15) is 22.6 Å². The van der Waals surface area contributed by atoms with E-state index < -0.39 is 6.29 Å². The molecule has 0 aliphatic rings. The number of nitrogens with zero attached hydrogens (tertiary/aromatic N) is 2. The van der Waals surface area contributed by atoms with Crippen molar-refractivity contribution in [1.82, 2.24) is 5.16 Å². The zero-order valence-electron chi connectivity index (χ0n) is 20.1. The van der Waals surface area contributed by atoms with Crippen LogP contribution >= 0.6 is 0 Å². The van der Waals surface area contributed by atoms with Gasteiger partial charge in [0.1, 0.15) is 43.3 Å². The van der Waals surface area contributed by atoms with Crippen LogP contribution in [0.5, 0.6) is 11.5 Å². The lowest BCUT2D eigenvalue weighted by Crippen LogP contribution is -2.13. The van der Waals surface area contributed by atoms with Crippen molar-refractivity contribution < 1.29 is 29.0 Å².